The molecule has 2 aromatic heterocycles. The molecule has 2 aromatic carbocycles. The van der Waals surface area contributed by atoms with Crippen LogP contribution >= 0.6 is 0 Å². The molecule has 0 aliphatic carbocycles. The summed E-state index contributed by atoms with van der Waals surface area (Å²) < 4.78 is 1.88. The summed E-state index contributed by atoms with van der Waals surface area (Å²) in [5, 5.41) is 14.7. The molecule has 2 N–H and O–H groups in total. The zero-order valence-corrected chi connectivity index (χ0v) is 17.0. The molecule has 4 rings (SSSR count). The van der Waals surface area contributed by atoms with Crippen molar-refractivity contribution in [3.8, 4) is 17.1 Å². The van der Waals surface area contributed by atoms with Crippen LogP contribution in [0.2, 0.25) is 0 Å². The van der Waals surface area contributed by atoms with E-state index in [1.165, 1.54) is 6.33 Å². The molecular formula is C22H24N8. The van der Waals surface area contributed by atoms with Crippen molar-refractivity contribution >= 4 is 5.96 Å². The minimum atomic E-state index is 0.655. The Balaban J connectivity index is 1.38. The van der Waals surface area contributed by atoms with E-state index in [-0.39, 0.29) is 0 Å². The normalized spacial score (nSPS) is 11.5. The van der Waals surface area contributed by atoms with Crippen LogP contribution in [-0.4, -0.2) is 49.9 Å². The standard InChI is InChI=1S/C22H24N8/c1-23-22(24-12-17-7-6-8-19(11-17)21-25-16-26-28-21)29(2)14-18-13-27-30(15-18)20-9-4-3-5-10-20/h3-11,13,15-16H,12,14H2,1-2H3,(H,23,24)(H,25,26,28). The number of guanidine groups is 1. The second-order valence-electron chi connectivity index (χ2n) is 6.92. The zero-order chi connectivity index (χ0) is 20.8. The fourth-order valence-electron chi connectivity index (χ4n) is 3.25. The van der Waals surface area contributed by atoms with Crippen LogP contribution in [0, 0.1) is 0 Å². The average Bonchev–Trinajstić information content (AvgIpc) is 3.48. The van der Waals surface area contributed by atoms with Gasteiger partial charge in [0.1, 0.15) is 6.33 Å². The largest absolute Gasteiger partial charge is 0.352 e. The molecule has 8 nitrogen and oxygen atoms in total. The van der Waals surface area contributed by atoms with E-state index in [1.54, 1.807) is 7.05 Å². The van der Waals surface area contributed by atoms with Gasteiger partial charge in [-0.25, -0.2) is 9.67 Å². The number of hydrogen-bond acceptors (Lipinski definition) is 4. The van der Waals surface area contributed by atoms with E-state index in [4.69, 9.17) is 0 Å². The van der Waals surface area contributed by atoms with E-state index in [0.29, 0.717) is 13.1 Å². The van der Waals surface area contributed by atoms with Crippen molar-refractivity contribution in [2.45, 2.75) is 13.1 Å². The molecular weight excluding hydrogens is 376 g/mol. The summed E-state index contributed by atoms with van der Waals surface area (Å²) in [5.41, 5.74) is 4.29. The first-order valence-electron chi connectivity index (χ1n) is 9.68. The monoisotopic (exact) mass is 400 g/mol. The van der Waals surface area contributed by atoms with Gasteiger partial charge in [0.15, 0.2) is 11.8 Å². The molecule has 0 atom stereocenters. The first kappa shape index (κ1) is 19.4. The maximum absolute atomic E-state index is 4.47. The number of nitrogens with zero attached hydrogens (tertiary/aromatic N) is 6. The van der Waals surface area contributed by atoms with Gasteiger partial charge >= 0.3 is 0 Å². The molecule has 0 aliphatic rings. The Morgan fingerprint density at radius 3 is 2.77 bits per heavy atom. The fourth-order valence-corrected chi connectivity index (χ4v) is 3.25. The predicted octanol–water partition coefficient (Wildman–Crippen LogP) is 2.86. The summed E-state index contributed by atoms with van der Waals surface area (Å²) in [6.45, 7) is 1.35. The maximum Gasteiger partial charge on any atom is 0.193 e. The molecule has 0 aliphatic heterocycles. The average molecular weight is 400 g/mol. The number of benzene rings is 2. The van der Waals surface area contributed by atoms with E-state index in [1.807, 2.05) is 66.6 Å². The Morgan fingerprint density at radius 1 is 1.13 bits per heavy atom. The van der Waals surface area contributed by atoms with Crippen LogP contribution in [0.15, 0.2) is 78.3 Å². The highest BCUT2D eigenvalue weighted by atomic mass is 15.3. The predicted molar refractivity (Wildman–Crippen MR) is 117 cm³/mol. The van der Waals surface area contributed by atoms with Crippen molar-refractivity contribution in [3.05, 3.63) is 84.4 Å². The number of hydrogen-bond donors (Lipinski definition) is 2. The second-order valence-corrected chi connectivity index (χ2v) is 6.92. The minimum absolute atomic E-state index is 0.655. The van der Waals surface area contributed by atoms with Gasteiger partial charge in [-0.3, -0.25) is 10.1 Å². The third-order valence-corrected chi connectivity index (χ3v) is 4.72. The lowest BCUT2D eigenvalue weighted by atomic mass is 10.1. The van der Waals surface area contributed by atoms with Gasteiger partial charge in [0.25, 0.3) is 0 Å². The van der Waals surface area contributed by atoms with Crippen molar-refractivity contribution in [2.24, 2.45) is 4.99 Å². The Bertz CT molecular complexity index is 1100. The molecule has 0 radical (unpaired) electrons. The highest BCUT2D eigenvalue weighted by Gasteiger charge is 2.09. The van der Waals surface area contributed by atoms with Crippen LogP contribution in [0.25, 0.3) is 17.1 Å². The van der Waals surface area contributed by atoms with Crippen molar-refractivity contribution < 1.29 is 0 Å². The Kier molecular flexibility index (Phi) is 5.84. The van der Waals surface area contributed by atoms with Crippen LogP contribution in [0.5, 0.6) is 0 Å². The number of aromatic amines is 1. The van der Waals surface area contributed by atoms with Crippen molar-refractivity contribution in [3.63, 3.8) is 0 Å². The summed E-state index contributed by atoms with van der Waals surface area (Å²) in [6.07, 6.45) is 5.44. The molecule has 0 unspecified atom stereocenters. The summed E-state index contributed by atoms with van der Waals surface area (Å²) in [6, 6.07) is 18.3. The lowest BCUT2D eigenvalue weighted by Crippen LogP contribution is -2.37. The van der Waals surface area contributed by atoms with Crippen molar-refractivity contribution in [1.29, 1.82) is 0 Å². The van der Waals surface area contributed by atoms with E-state index >= 15 is 0 Å². The molecule has 152 valence electrons. The molecule has 0 bridgehead atoms. The van der Waals surface area contributed by atoms with Crippen molar-refractivity contribution in [1.82, 2.24) is 35.2 Å². The molecule has 4 aromatic rings. The topological polar surface area (TPSA) is 87.0 Å². The van der Waals surface area contributed by atoms with Crippen molar-refractivity contribution in [2.75, 3.05) is 14.1 Å². The van der Waals surface area contributed by atoms with E-state index in [0.717, 1.165) is 34.2 Å². The number of H-pyrrole nitrogens is 1. The SMILES string of the molecule is CN=C(NCc1cccc(-c2ncn[nH]2)c1)N(C)Cc1cnn(-c2ccccc2)c1. The van der Waals surface area contributed by atoms with Crippen LogP contribution in [0.4, 0.5) is 0 Å². The smallest absolute Gasteiger partial charge is 0.193 e. The summed E-state index contributed by atoms with van der Waals surface area (Å²) in [5.74, 6) is 1.57. The summed E-state index contributed by atoms with van der Waals surface area (Å²) in [7, 11) is 3.80. The third kappa shape index (κ3) is 4.54. The van der Waals surface area contributed by atoms with Gasteiger partial charge in [0.2, 0.25) is 0 Å². The van der Waals surface area contributed by atoms with Crippen LogP contribution < -0.4 is 5.32 Å². The molecule has 30 heavy (non-hydrogen) atoms. The number of rotatable bonds is 6. The van der Waals surface area contributed by atoms with Crippen LogP contribution in [0.3, 0.4) is 0 Å². The maximum atomic E-state index is 4.47. The molecule has 2 heterocycles. The van der Waals surface area contributed by atoms with Gasteiger partial charge in [0.05, 0.1) is 11.9 Å². The number of nitrogens with one attached hydrogen (secondary N) is 2. The molecule has 0 fully saturated rings. The minimum Gasteiger partial charge on any atom is -0.352 e. The molecule has 0 saturated heterocycles. The third-order valence-electron chi connectivity index (χ3n) is 4.72. The highest BCUT2D eigenvalue weighted by molar-refractivity contribution is 5.79. The number of para-hydroxylation sites is 1. The van der Waals surface area contributed by atoms with Gasteiger partial charge in [-0.1, -0.05) is 36.4 Å². The van der Waals surface area contributed by atoms with E-state index in [2.05, 4.69) is 47.6 Å². The Labute approximate surface area is 175 Å². The quantitative estimate of drug-likeness (QED) is 0.384. The summed E-state index contributed by atoms with van der Waals surface area (Å²) >= 11 is 0. The first-order valence-corrected chi connectivity index (χ1v) is 9.68. The van der Waals surface area contributed by atoms with Crippen LogP contribution in [0.1, 0.15) is 11.1 Å². The summed E-state index contributed by atoms with van der Waals surface area (Å²) in [4.78, 5) is 10.7. The highest BCUT2D eigenvalue weighted by Crippen LogP contribution is 2.15. The lowest BCUT2D eigenvalue weighted by molar-refractivity contribution is 0.476. The van der Waals surface area contributed by atoms with Gasteiger partial charge < -0.3 is 10.2 Å². The van der Waals surface area contributed by atoms with Gasteiger partial charge in [-0.2, -0.15) is 10.2 Å². The van der Waals surface area contributed by atoms with E-state index < -0.39 is 0 Å². The van der Waals surface area contributed by atoms with Gasteiger partial charge in [-0.05, 0) is 23.8 Å². The molecule has 0 amide bonds. The molecule has 8 heteroatoms. The lowest BCUT2D eigenvalue weighted by Gasteiger charge is -2.21. The Morgan fingerprint density at radius 2 is 2.00 bits per heavy atom. The Hall–Kier alpha value is -3.94. The number of aliphatic imine (C=N–C) groups is 1. The first-order chi connectivity index (χ1) is 14.7. The fraction of sp³-hybridized carbons (Fsp3) is 0.182. The van der Waals surface area contributed by atoms with Gasteiger partial charge in [0, 0.05) is 44.5 Å². The number of aromatic nitrogens is 5. The second kappa shape index (κ2) is 9.04. The van der Waals surface area contributed by atoms with E-state index in [9.17, 15) is 0 Å². The van der Waals surface area contributed by atoms with Crippen LogP contribution in [-0.2, 0) is 13.1 Å². The molecule has 0 saturated carbocycles. The molecule has 0 spiro atoms. The zero-order valence-electron chi connectivity index (χ0n) is 17.0. The van der Waals surface area contributed by atoms with Gasteiger partial charge in [-0.15, -0.1) is 0 Å².